The molecule has 2 rings (SSSR count). The number of rotatable bonds is 9. The van der Waals surface area contributed by atoms with Crippen molar-refractivity contribution < 1.29 is 18.9 Å². The van der Waals surface area contributed by atoms with Gasteiger partial charge in [0.1, 0.15) is 0 Å². The Morgan fingerprint density at radius 3 is 2.45 bits per heavy atom. The predicted molar refractivity (Wildman–Crippen MR) is 86.1 cm³/mol. The summed E-state index contributed by atoms with van der Waals surface area (Å²) in [6, 6.07) is 5.93. The smallest absolute Gasteiger partial charge is 0.176 e. The van der Waals surface area contributed by atoms with Crippen molar-refractivity contribution in [3.05, 3.63) is 23.8 Å². The Labute approximate surface area is 132 Å². The summed E-state index contributed by atoms with van der Waals surface area (Å²) in [6.07, 6.45) is 2.07. The number of hydrogen-bond acceptors (Lipinski definition) is 5. The first kappa shape index (κ1) is 16.8. The molecule has 0 radical (unpaired) electrons. The molecule has 1 fully saturated rings. The van der Waals surface area contributed by atoms with E-state index >= 15 is 0 Å². The van der Waals surface area contributed by atoms with Gasteiger partial charge < -0.3 is 18.9 Å². The molecule has 1 atom stereocenters. The number of hydrogen-bond donors (Lipinski definition) is 0. The van der Waals surface area contributed by atoms with E-state index in [-0.39, 0.29) is 6.29 Å². The average molecular weight is 307 g/mol. The van der Waals surface area contributed by atoms with E-state index in [1.807, 2.05) is 25.1 Å². The maximum atomic E-state index is 5.48. The van der Waals surface area contributed by atoms with Crippen LogP contribution in [0, 0.1) is 5.92 Å². The molecule has 1 aliphatic carbocycles. The molecule has 22 heavy (non-hydrogen) atoms. The molecule has 1 aromatic rings. The molecule has 0 saturated heterocycles. The van der Waals surface area contributed by atoms with E-state index in [1.54, 1.807) is 21.3 Å². The molecule has 0 spiro atoms. The summed E-state index contributed by atoms with van der Waals surface area (Å²) in [7, 11) is 4.92. The highest BCUT2D eigenvalue weighted by molar-refractivity contribution is 6.04. The highest BCUT2D eigenvalue weighted by Crippen LogP contribution is 2.36. The second-order valence-electron chi connectivity index (χ2n) is 5.19. The molecule has 0 heterocycles. The first-order valence-corrected chi connectivity index (χ1v) is 7.64. The van der Waals surface area contributed by atoms with Gasteiger partial charge in [0, 0.05) is 25.3 Å². The highest BCUT2D eigenvalue weighted by atomic mass is 16.7. The van der Waals surface area contributed by atoms with Gasteiger partial charge in [-0.2, -0.15) is 0 Å². The van der Waals surface area contributed by atoms with Crippen molar-refractivity contribution in [3.8, 4) is 11.5 Å². The molecule has 0 aliphatic heterocycles. The number of nitrogens with zero attached hydrogens (tertiary/aromatic N) is 1. The topological polar surface area (TPSA) is 49.3 Å². The molecular formula is C17H25NO4. The molecule has 1 aromatic carbocycles. The quantitative estimate of drug-likeness (QED) is 0.520. The van der Waals surface area contributed by atoms with Crippen molar-refractivity contribution >= 4 is 5.71 Å². The fraction of sp³-hybridized carbons (Fsp3) is 0.588. The van der Waals surface area contributed by atoms with Crippen molar-refractivity contribution in [2.24, 2.45) is 10.9 Å². The molecule has 1 saturated carbocycles. The summed E-state index contributed by atoms with van der Waals surface area (Å²) in [5, 5.41) is 0. The first-order valence-electron chi connectivity index (χ1n) is 7.64. The Hall–Kier alpha value is -1.59. The van der Waals surface area contributed by atoms with Crippen LogP contribution in [0.15, 0.2) is 23.2 Å². The van der Waals surface area contributed by atoms with Crippen LogP contribution in [0.3, 0.4) is 0 Å². The second kappa shape index (κ2) is 8.15. The van der Waals surface area contributed by atoms with Gasteiger partial charge in [-0.15, -0.1) is 0 Å². The maximum absolute atomic E-state index is 5.48. The molecule has 0 aromatic heterocycles. The van der Waals surface area contributed by atoms with Crippen molar-refractivity contribution in [1.29, 1.82) is 0 Å². The minimum atomic E-state index is -0.293. The Morgan fingerprint density at radius 1 is 1.18 bits per heavy atom. The van der Waals surface area contributed by atoms with Crippen LogP contribution in [0.4, 0.5) is 0 Å². The van der Waals surface area contributed by atoms with Crippen LogP contribution in [0.5, 0.6) is 11.5 Å². The van der Waals surface area contributed by atoms with Crippen LogP contribution in [-0.4, -0.2) is 46.5 Å². The fourth-order valence-electron chi connectivity index (χ4n) is 2.36. The number of aliphatic imine (C=N–C) groups is 1. The van der Waals surface area contributed by atoms with Gasteiger partial charge in [-0.05, 0) is 43.5 Å². The number of benzene rings is 1. The van der Waals surface area contributed by atoms with E-state index in [0.717, 1.165) is 22.8 Å². The van der Waals surface area contributed by atoms with E-state index in [9.17, 15) is 0 Å². The summed E-state index contributed by atoms with van der Waals surface area (Å²) in [5.41, 5.74) is 2.18. The maximum Gasteiger partial charge on any atom is 0.176 e. The van der Waals surface area contributed by atoms with Crippen LogP contribution in [0.2, 0.25) is 0 Å². The van der Waals surface area contributed by atoms with Crippen LogP contribution in [0.1, 0.15) is 25.3 Å². The van der Waals surface area contributed by atoms with E-state index < -0.39 is 0 Å². The summed E-state index contributed by atoms with van der Waals surface area (Å²) >= 11 is 0. The number of ether oxygens (including phenoxy) is 4. The van der Waals surface area contributed by atoms with Crippen molar-refractivity contribution in [3.63, 3.8) is 0 Å². The molecule has 122 valence electrons. The Bertz CT molecular complexity index is 511. The molecule has 5 nitrogen and oxygen atoms in total. The predicted octanol–water partition coefficient (Wildman–Crippen LogP) is 2.91. The minimum Gasteiger partial charge on any atom is -0.493 e. The zero-order chi connectivity index (χ0) is 15.9. The molecule has 0 bridgehead atoms. The van der Waals surface area contributed by atoms with Crippen LogP contribution in [-0.2, 0) is 9.47 Å². The third kappa shape index (κ3) is 4.21. The van der Waals surface area contributed by atoms with Crippen molar-refractivity contribution in [2.75, 3.05) is 34.5 Å². The highest BCUT2D eigenvalue weighted by Gasteiger charge is 2.29. The van der Waals surface area contributed by atoms with E-state index in [2.05, 4.69) is 0 Å². The zero-order valence-electron chi connectivity index (χ0n) is 13.8. The first-order chi connectivity index (χ1) is 10.7. The molecule has 1 aliphatic rings. The van der Waals surface area contributed by atoms with Crippen LogP contribution >= 0.6 is 0 Å². The lowest BCUT2D eigenvalue weighted by Gasteiger charge is -2.15. The summed E-state index contributed by atoms with van der Waals surface area (Å²) in [6.45, 7) is 3.07. The third-order valence-corrected chi connectivity index (χ3v) is 3.67. The summed E-state index contributed by atoms with van der Waals surface area (Å²) in [4.78, 5) is 4.75. The van der Waals surface area contributed by atoms with Crippen molar-refractivity contribution in [1.82, 2.24) is 0 Å². The average Bonchev–Trinajstić information content (AvgIpc) is 3.38. The molecule has 0 N–H and O–H groups in total. The fourth-order valence-corrected chi connectivity index (χ4v) is 2.36. The summed E-state index contributed by atoms with van der Waals surface area (Å²) < 4.78 is 21.4. The standard InChI is InChI=1S/C17H25NO4/c1-5-22-16(21-4)11-18-17(12-6-7-12)13-8-9-14(19-2)15(10-13)20-3/h8-10,12,16H,5-7,11H2,1-4H3. The monoisotopic (exact) mass is 307 g/mol. The molecule has 5 heteroatoms. The van der Waals surface area contributed by atoms with Gasteiger partial charge >= 0.3 is 0 Å². The third-order valence-electron chi connectivity index (χ3n) is 3.67. The molecular weight excluding hydrogens is 282 g/mol. The van der Waals surface area contributed by atoms with Gasteiger partial charge in [0.2, 0.25) is 0 Å². The van der Waals surface area contributed by atoms with Gasteiger partial charge in [-0.25, -0.2) is 0 Å². The number of methoxy groups -OCH3 is 3. The van der Waals surface area contributed by atoms with Crippen LogP contribution in [0.25, 0.3) is 0 Å². The van der Waals surface area contributed by atoms with E-state index in [4.69, 9.17) is 23.9 Å². The Kier molecular flexibility index (Phi) is 6.21. The Balaban J connectivity index is 2.20. The van der Waals surface area contributed by atoms with Crippen molar-refractivity contribution in [2.45, 2.75) is 26.1 Å². The lowest BCUT2D eigenvalue weighted by atomic mass is 10.1. The lowest BCUT2D eigenvalue weighted by molar-refractivity contribution is -0.112. The normalized spacial score (nSPS) is 16.5. The lowest BCUT2D eigenvalue weighted by Crippen LogP contribution is -2.20. The SMILES string of the molecule is CCOC(CN=C(c1ccc(OC)c(OC)c1)C1CC1)OC. The Morgan fingerprint density at radius 2 is 1.91 bits per heavy atom. The van der Waals surface area contributed by atoms with E-state index in [1.165, 1.54) is 12.8 Å². The van der Waals surface area contributed by atoms with Gasteiger partial charge in [0.15, 0.2) is 17.8 Å². The molecule has 1 unspecified atom stereocenters. The van der Waals surface area contributed by atoms with Gasteiger partial charge in [0.25, 0.3) is 0 Å². The summed E-state index contributed by atoms with van der Waals surface area (Å²) in [5.74, 6) is 1.98. The van der Waals surface area contributed by atoms with Gasteiger partial charge in [-0.1, -0.05) is 0 Å². The van der Waals surface area contributed by atoms with Crippen LogP contribution < -0.4 is 9.47 Å². The minimum absolute atomic E-state index is 0.293. The van der Waals surface area contributed by atoms with Gasteiger partial charge in [-0.3, -0.25) is 4.99 Å². The molecule has 0 amide bonds. The van der Waals surface area contributed by atoms with Gasteiger partial charge in [0.05, 0.1) is 20.8 Å². The van der Waals surface area contributed by atoms with E-state index in [0.29, 0.717) is 19.1 Å². The second-order valence-corrected chi connectivity index (χ2v) is 5.19. The largest absolute Gasteiger partial charge is 0.493 e. The zero-order valence-corrected chi connectivity index (χ0v) is 13.8.